The number of carbonyl (C=O) groups is 3. The van der Waals surface area contributed by atoms with Crippen LogP contribution in [0.5, 0.6) is 0 Å². The van der Waals surface area contributed by atoms with Crippen molar-refractivity contribution in [1.82, 2.24) is 40.6 Å². The number of amides is 3. The molecule has 5 rings (SSSR count). The molecule has 2 atom stereocenters. The molecule has 14 heteroatoms. The molecule has 0 bridgehead atoms. The van der Waals surface area contributed by atoms with Crippen molar-refractivity contribution in [3.8, 4) is 16.8 Å². The summed E-state index contributed by atoms with van der Waals surface area (Å²) in [7, 11) is 1.29. The summed E-state index contributed by atoms with van der Waals surface area (Å²) >= 11 is 6.27. The SMILES string of the molecule is CCC(=O)N1CCCC(CC(NC(=O)/C=C/c2cc(Cl)ccc2-n2cnnn2)c2nnccc2-c2ccccc2NC(=O)OC)C1. The normalized spacial score (nSPS) is 15.4. The van der Waals surface area contributed by atoms with Gasteiger partial charge >= 0.3 is 6.09 Å². The Hall–Kier alpha value is -5.17. The van der Waals surface area contributed by atoms with Crippen LogP contribution in [0.4, 0.5) is 10.5 Å². The van der Waals surface area contributed by atoms with E-state index in [1.54, 1.807) is 48.7 Å². The smallest absolute Gasteiger partial charge is 0.411 e. The number of carbonyl (C=O) groups excluding carboxylic acids is 3. The molecule has 2 aromatic carbocycles. The molecule has 0 spiro atoms. The number of rotatable bonds is 10. The number of piperidine rings is 1. The molecular weight excluding hydrogens is 610 g/mol. The van der Waals surface area contributed by atoms with Gasteiger partial charge in [0.2, 0.25) is 11.8 Å². The zero-order valence-electron chi connectivity index (χ0n) is 25.5. The van der Waals surface area contributed by atoms with Crippen LogP contribution in [0.25, 0.3) is 22.9 Å². The van der Waals surface area contributed by atoms with Gasteiger partial charge in [0.15, 0.2) is 0 Å². The van der Waals surface area contributed by atoms with Crippen LogP contribution in [0.3, 0.4) is 0 Å². The number of para-hydroxylation sites is 1. The van der Waals surface area contributed by atoms with Gasteiger partial charge in [-0.15, -0.1) is 5.10 Å². The summed E-state index contributed by atoms with van der Waals surface area (Å²) in [5.41, 5.74) is 3.69. The van der Waals surface area contributed by atoms with Crippen LogP contribution in [0.2, 0.25) is 5.02 Å². The maximum Gasteiger partial charge on any atom is 0.411 e. The number of nitrogens with zero attached hydrogens (tertiary/aromatic N) is 7. The molecule has 46 heavy (non-hydrogen) atoms. The Morgan fingerprint density at radius 3 is 2.76 bits per heavy atom. The summed E-state index contributed by atoms with van der Waals surface area (Å²) in [5.74, 6) is -0.158. The lowest BCUT2D eigenvalue weighted by atomic mass is 9.88. The molecule has 1 aliphatic heterocycles. The van der Waals surface area contributed by atoms with Gasteiger partial charge in [0, 0.05) is 47.3 Å². The number of nitrogens with one attached hydrogen (secondary N) is 2. The van der Waals surface area contributed by atoms with Gasteiger partial charge in [0.05, 0.1) is 36.4 Å². The highest BCUT2D eigenvalue weighted by Gasteiger charge is 2.29. The number of hydrogen-bond donors (Lipinski definition) is 2. The van der Waals surface area contributed by atoms with E-state index in [9.17, 15) is 14.4 Å². The van der Waals surface area contributed by atoms with E-state index in [1.807, 2.05) is 24.0 Å². The molecule has 238 valence electrons. The van der Waals surface area contributed by atoms with Crippen LogP contribution in [0.1, 0.15) is 49.9 Å². The molecule has 2 unspecified atom stereocenters. The highest BCUT2D eigenvalue weighted by molar-refractivity contribution is 6.30. The number of anilines is 1. The molecular formula is C32H34ClN9O4. The quantitative estimate of drug-likeness (QED) is 0.230. The van der Waals surface area contributed by atoms with Crippen molar-refractivity contribution in [3.63, 3.8) is 0 Å². The van der Waals surface area contributed by atoms with E-state index in [1.165, 1.54) is 24.2 Å². The first kappa shape index (κ1) is 32.2. The number of halogens is 1. The Morgan fingerprint density at radius 1 is 1.13 bits per heavy atom. The fraction of sp³-hybridized carbons (Fsp3) is 0.312. The Bertz CT molecular complexity index is 1710. The van der Waals surface area contributed by atoms with E-state index >= 15 is 0 Å². The summed E-state index contributed by atoms with van der Waals surface area (Å²) in [6, 6.07) is 13.7. The lowest BCUT2D eigenvalue weighted by Crippen LogP contribution is -2.41. The van der Waals surface area contributed by atoms with Crippen LogP contribution < -0.4 is 10.6 Å². The van der Waals surface area contributed by atoms with Crippen LogP contribution in [0.15, 0.2) is 67.1 Å². The number of aromatic nitrogens is 6. The van der Waals surface area contributed by atoms with Gasteiger partial charge in [0.1, 0.15) is 6.33 Å². The molecule has 1 aliphatic rings. The van der Waals surface area contributed by atoms with E-state index in [-0.39, 0.29) is 17.7 Å². The van der Waals surface area contributed by atoms with Gasteiger partial charge in [0.25, 0.3) is 0 Å². The number of benzene rings is 2. The van der Waals surface area contributed by atoms with Gasteiger partial charge in [-0.1, -0.05) is 36.7 Å². The molecule has 3 heterocycles. The molecule has 1 saturated heterocycles. The second-order valence-corrected chi connectivity index (χ2v) is 11.2. The Morgan fingerprint density at radius 2 is 1.98 bits per heavy atom. The molecule has 1 fully saturated rings. The first-order chi connectivity index (χ1) is 22.4. The molecule has 2 N–H and O–H groups in total. The standard InChI is InChI=1S/C32H34ClN9O4/c1-3-30(44)41-16-6-7-21(19-41)17-27(31-25(14-15-34-38-31)24-8-4-5-9-26(24)37-32(45)46-2)36-29(43)13-10-22-18-23(33)11-12-28(22)42-20-35-39-40-42/h4-5,8-15,18,20-21,27H,3,6-7,16-17,19H2,1-2H3,(H,36,43)(H,37,45)/b13-10+. The van der Waals surface area contributed by atoms with Gasteiger partial charge in [-0.3, -0.25) is 14.9 Å². The predicted molar refractivity (Wildman–Crippen MR) is 172 cm³/mol. The van der Waals surface area contributed by atoms with Crippen molar-refractivity contribution in [2.45, 2.75) is 38.6 Å². The molecule has 3 amide bonds. The highest BCUT2D eigenvalue weighted by atomic mass is 35.5. The van der Waals surface area contributed by atoms with Gasteiger partial charge in [-0.05, 0) is 72.0 Å². The van der Waals surface area contributed by atoms with E-state index < -0.39 is 12.1 Å². The zero-order valence-corrected chi connectivity index (χ0v) is 26.2. The minimum Gasteiger partial charge on any atom is -0.453 e. The third-order valence-corrected chi connectivity index (χ3v) is 8.01. The topological polar surface area (TPSA) is 157 Å². The van der Waals surface area contributed by atoms with Crippen molar-refractivity contribution in [2.24, 2.45) is 5.92 Å². The summed E-state index contributed by atoms with van der Waals surface area (Å²) in [6.45, 7) is 3.16. The zero-order chi connectivity index (χ0) is 32.5. The van der Waals surface area contributed by atoms with Gasteiger partial charge in [-0.25, -0.2) is 4.79 Å². The minimum absolute atomic E-state index is 0.108. The fourth-order valence-electron chi connectivity index (χ4n) is 5.62. The number of tetrazole rings is 1. The second kappa shape index (κ2) is 15.2. The first-order valence-corrected chi connectivity index (χ1v) is 15.3. The monoisotopic (exact) mass is 643 g/mol. The van der Waals surface area contributed by atoms with Crippen LogP contribution in [-0.4, -0.2) is 73.4 Å². The van der Waals surface area contributed by atoms with E-state index in [4.69, 9.17) is 16.3 Å². The molecule has 0 saturated carbocycles. The maximum atomic E-state index is 13.6. The predicted octanol–water partition coefficient (Wildman–Crippen LogP) is 4.86. The number of ether oxygens (including phenoxy) is 1. The van der Waals surface area contributed by atoms with Crippen molar-refractivity contribution < 1.29 is 19.1 Å². The Kier molecular flexibility index (Phi) is 10.7. The van der Waals surface area contributed by atoms with Crippen LogP contribution in [-0.2, 0) is 14.3 Å². The number of likely N-dealkylation sites (tertiary alicyclic amines) is 1. The van der Waals surface area contributed by atoms with Crippen molar-refractivity contribution >= 4 is 41.3 Å². The Labute approximate surface area is 271 Å². The van der Waals surface area contributed by atoms with E-state index in [0.29, 0.717) is 58.2 Å². The average molecular weight is 644 g/mol. The summed E-state index contributed by atoms with van der Waals surface area (Å²) in [6.07, 6.45) is 8.17. The van der Waals surface area contributed by atoms with Crippen molar-refractivity contribution in [2.75, 3.05) is 25.5 Å². The van der Waals surface area contributed by atoms with Crippen LogP contribution >= 0.6 is 11.6 Å². The van der Waals surface area contributed by atoms with E-state index in [0.717, 1.165) is 19.4 Å². The lowest BCUT2D eigenvalue weighted by molar-refractivity contribution is -0.132. The summed E-state index contributed by atoms with van der Waals surface area (Å²) in [5, 5.41) is 26.4. The summed E-state index contributed by atoms with van der Waals surface area (Å²) < 4.78 is 6.30. The minimum atomic E-state index is -0.615. The van der Waals surface area contributed by atoms with Crippen molar-refractivity contribution in [3.05, 3.63) is 83.4 Å². The number of methoxy groups -OCH3 is 1. The largest absolute Gasteiger partial charge is 0.453 e. The first-order valence-electron chi connectivity index (χ1n) is 14.9. The molecule has 2 aromatic heterocycles. The van der Waals surface area contributed by atoms with Gasteiger partial charge < -0.3 is 15.0 Å². The Balaban J connectivity index is 1.48. The molecule has 4 aromatic rings. The molecule has 0 radical (unpaired) electrons. The summed E-state index contributed by atoms with van der Waals surface area (Å²) in [4.78, 5) is 40.1. The third kappa shape index (κ3) is 7.91. The lowest BCUT2D eigenvalue weighted by Gasteiger charge is -2.34. The van der Waals surface area contributed by atoms with Crippen molar-refractivity contribution in [1.29, 1.82) is 0 Å². The third-order valence-electron chi connectivity index (χ3n) is 7.78. The van der Waals surface area contributed by atoms with Crippen LogP contribution in [0, 0.1) is 5.92 Å². The fourth-order valence-corrected chi connectivity index (χ4v) is 5.80. The second-order valence-electron chi connectivity index (χ2n) is 10.8. The number of hydrogen-bond acceptors (Lipinski definition) is 9. The highest BCUT2D eigenvalue weighted by Crippen LogP contribution is 2.35. The van der Waals surface area contributed by atoms with Gasteiger partial charge in [-0.2, -0.15) is 14.9 Å². The maximum absolute atomic E-state index is 13.6. The van der Waals surface area contributed by atoms with E-state index in [2.05, 4.69) is 36.4 Å². The average Bonchev–Trinajstić information content (AvgIpc) is 3.62. The molecule has 13 nitrogen and oxygen atoms in total. The molecule has 0 aliphatic carbocycles.